The van der Waals surface area contributed by atoms with E-state index in [2.05, 4.69) is 21.4 Å². The van der Waals surface area contributed by atoms with Crippen LogP contribution in [0, 0.1) is 0 Å². The van der Waals surface area contributed by atoms with Crippen LogP contribution in [0.25, 0.3) is 6.08 Å². The van der Waals surface area contributed by atoms with Gasteiger partial charge < -0.3 is 14.4 Å². The molecule has 0 spiro atoms. The molecule has 1 saturated heterocycles. The van der Waals surface area contributed by atoms with Crippen LogP contribution in [0.15, 0.2) is 37.2 Å². The van der Waals surface area contributed by atoms with Crippen molar-refractivity contribution in [3.05, 3.63) is 48.6 Å². The lowest BCUT2D eigenvalue weighted by atomic mass is 10.1. The molecule has 0 radical (unpaired) electrons. The first-order chi connectivity index (χ1) is 12.4. The highest BCUT2D eigenvalue weighted by atomic mass is 19.4. The quantitative estimate of drug-likeness (QED) is 0.796. The van der Waals surface area contributed by atoms with Crippen molar-refractivity contribution >= 4 is 11.8 Å². The second kappa shape index (κ2) is 7.33. The van der Waals surface area contributed by atoms with Gasteiger partial charge in [0, 0.05) is 32.0 Å². The van der Waals surface area contributed by atoms with Gasteiger partial charge in [-0.2, -0.15) is 13.2 Å². The number of aromatic nitrogens is 2. The maximum Gasteiger partial charge on any atom is 0.451 e. The predicted octanol–water partition coefficient (Wildman–Crippen LogP) is 4.16. The minimum absolute atomic E-state index is 0.126. The van der Waals surface area contributed by atoms with E-state index in [9.17, 15) is 13.2 Å². The lowest BCUT2D eigenvalue weighted by Gasteiger charge is -2.20. The first-order valence-corrected chi connectivity index (χ1v) is 8.01. The Bertz CT molecular complexity index is 778. The van der Waals surface area contributed by atoms with Gasteiger partial charge >= 0.3 is 6.18 Å². The van der Waals surface area contributed by atoms with Gasteiger partial charge in [-0.3, -0.25) is 0 Å². The fraction of sp³-hybridized carbons (Fsp3) is 0.333. The van der Waals surface area contributed by atoms with Crippen LogP contribution >= 0.6 is 0 Å². The molecule has 5 nitrogen and oxygen atoms in total. The van der Waals surface area contributed by atoms with Gasteiger partial charge in [0.2, 0.25) is 5.82 Å². The van der Waals surface area contributed by atoms with Crippen LogP contribution in [-0.2, 0) is 10.9 Å². The zero-order valence-corrected chi connectivity index (χ0v) is 14.2. The van der Waals surface area contributed by atoms with E-state index in [1.54, 1.807) is 19.3 Å². The SMILES string of the molecule is C=Cc1cc(Oc2cnc(C(F)(F)F)nc2)cc(N2CC[C@@H](OC)C2)c1. The molecule has 0 saturated carbocycles. The van der Waals surface area contributed by atoms with E-state index in [0.717, 1.165) is 43.2 Å². The number of alkyl halides is 3. The van der Waals surface area contributed by atoms with Crippen molar-refractivity contribution in [3.8, 4) is 11.5 Å². The lowest BCUT2D eigenvalue weighted by molar-refractivity contribution is -0.145. The molecule has 1 atom stereocenters. The summed E-state index contributed by atoms with van der Waals surface area (Å²) in [6, 6.07) is 5.54. The number of ether oxygens (including phenoxy) is 2. The summed E-state index contributed by atoms with van der Waals surface area (Å²) in [6.45, 7) is 5.38. The van der Waals surface area contributed by atoms with E-state index in [1.807, 2.05) is 12.1 Å². The molecular formula is C18H18F3N3O2. The van der Waals surface area contributed by atoms with Crippen LogP contribution in [0.3, 0.4) is 0 Å². The molecule has 1 fully saturated rings. The van der Waals surface area contributed by atoms with Crippen molar-refractivity contribution < 1.29 is 22.6 Å². The van der Waals surface area contributed by atoms with Gasteiger partial charge in [0.1, 0.15) is 5.75 Å². The Morgan fingerprint density at radius 3 is 2.50 bits per heavy atom. The highest BCUT2D eigenvalue weighted by molar-refractivity contribution is 5.62. The predicted molar refractivity (Wildman–Crippen MR) is 91.3 cm³/mol. The summed E-state index contributed by atoms with van der Waals surface area (Å²) in [7, 11) is 1.69. The summed E-state index contributed by atoms with van der Waals surface area (Å²) in [4.78, 5) is 8.77. The van der Waals surface area contributed by atoms with E-state index in [0.29, 0.717) is 5.75 Å². The standard InChI is InChI=1S/C18H18F3N3O2/c1-3-12-6-13(24-5-4-14(11-24)25-2)8-15(7-12)26-16-9-22-17(23-10-16)18(19,20)21/h3,6-10,14H,1,4-5,11H2,2H3/t14-/m1/s1. The topological polar surface area (TPSA) is 47.5 Å². The third-order valence-electron chi connectivity index (χ3n) is 4.11. The third-order valence-corrected chi connectivity index (χ3v) is 4.11. The monoisotopic (exact) mass is 365 g/mol. The van der Waals surface area contributed by atoms with Crippen LogP contribution < -0.4 is 9.64 Å². The molecule has 138 valence electrons. The van der Waals surface area contributed by atoms with E-state index in [1.165, 1.54) is 0 Å². The van der Waals surface area contributed by atoms with Gasteiger partial charge in [-0.15, -0.1) is 0 Å². The zero-order chi connectivity index (χ0) is 18.7. The maximum atomic E-state index is 12.5. The molecule has 0 N–H and O–H groups in total. The molecular weight excluding hydrogens is 347 g/mol. The van der Waals surface area contributed by atoms with E-state index < -0.39 is 12.0 Å². The van der Waals surface area contributed by atoms with Crippen molar-refractivity contribution in [3.63, 3.8) is 0 Å². The number of hydrogen-bond donors (Lipinski definition) is 0. The Kier molecular flexibility index (Phi) is 5.13. The molecule has 2 aromatic rings. The van der Waals surface area contributed by atoms with Gasteiger partial charge in [-0.1, -0.05) is 12.7 Å². The average Bonchev–Trinajstić information content (AvgIpc) is 3.10. The lowest BCUT2D eigenvalue weighted by Crippen LogP contribution is -2.22. The summed E-state index contributed by atoms with van der Waals surface area (Å²) >= 11 is 0. The molecule has 3 rings (SSSR count). The van der Waals surface area contributed by atoms with Crippen LogP contribution in [0.5, 0.6) is 11.5 Å². The number of rotatable bonds is 5. The molecule has 0 amide bonds. The summed E-state index contributed by atoms with van der Waals surface area (Å²) in [6.07, 6.45) is 0.221. The van der Waals surface area contributed by atoms with Gasteiger partial charge in [-0.05, 0) is 24.1 Å². The van der Waals surface area contributed by atoms with Gasteiger partial charge in [-0.25, -0.2) is 9.97 Å². The Labute approximate surface area is 149 Å². The van der Waals surface area contributed by atoms with Gasteiger partial charge in [0.05, 0.1) is 18.5 Å². The third kappa shape index (κ3) is 4.13. The Hall–Kier alpha value is -2.61. The van der Waals surface area contributed by atoms with Crippen molar-refractivity contribution in [2.24, 2.45) is 0 Å². The Morgan fingerprint density at radius 2 is 1.92 bits per heavy atom. The second-order valence-electron chi connectivity index (χ2n) is 5.90. The summed E-state index contributed by atoms with van der Waals surface area (Å²) < 4.78 is 48.6. The van der Waals surface area contributed by atoms with Crippen molar-refractivity contribution in [2.45, 2.75) is 18.7 Å². The molecule has 1 aromatic carbocycles. The van der Waals surface area contributed by atoms with Gasteiger partial charge in [0.15, 0.2) is 5.75 Å². The molecule has 8 heteroatoms. The Morgan fingerprint density at radius 1 is 1.19 bits per heavy atom. The van der Waals surface area contributed by atoms with E-state index in [-0.39, 0.29) is 11.9 Å². The molecule has 0 aliphatic carbocycles. The number of benzene rings is 1. The number of halogens is 3. The highest BCUT2D eigenvalue weighted by Crippen LogP contribution is 2.31. The van der Waals surface area contributed by atoms with E-state index >= 15 is 0 Å². The van der Waals surface area contributed by atoms with Crippen LogP contribution in [0.2, 0.25) is 0 Å². The summed E-state index contributed by atoms with van der Waals surface area (Å²) in [5.74, 6) is -0.601. The smallest absolute Gasteiger partial charge is 0.451 e. The fourth-order valence-corrected chi connectivity index (χ4v) is 2.77. The minimum atomic E-state index is -4.58. The molecule has 2 heterocycles. The molecule has 1 aliphatic heterocycles. The number of methoxy groups -OCH3 is 1. The number of nitrogens with zero attached hydrogens (tertiary/aromatic N) is 3. The average molecular weight is 365 g/mol. The number of hydrogen-bond acceptors (Lipinski definition) is 5. The molecule has 1 aliphatic rings. The first kappa shape index (κ1) is 18.2. The second-order valence-corrected chi connectivity index (χ2v) is 5.90. The van der Waals surface area contributed by atoms with Gasteiger partial charge in [0.25, 0.3) is 0 Å². The normalized spacial score (nSPS) is 17.4. The summed E-state index contributed by atoms with van der Waals surface area (Å²) in [5, 5.41) is 0. The van der Waals surface area contributed by atoms with Crippen molar-refractivity contribution in [1.82, 2.24) is 9.97 Å². The minimum Gasteiger partial charge on any atom is -0.454 e. The molecule has 0 unspecified atom stereocenters. The number of anilines is 1. The van der Waals surface area contributed by atoms with Crippen LogP contribution in [0.4, 0.5) is 18.9 Å². The fourth-order valence-electron chi connectivity index (χ4n) is 2.77. The molecule has 1 aromatic heterocycles. The van der Waals surface area contributed by atoms with Crippen molar-refractivity contribution in [2.75, 3.05) is 25.1 Å². The van der Waals surface area contributed by atoms with E-state index in [4.69, 9.17) is 9.47 Å². The molecule has 0 bridgehead atoms. The zero-order valence-electron chi connectivity index (χ0n) is 14.2. The Balaban J connectivity index is 1.81. The molecule has 26 heavy (non-hydrogen) atoms. The largest absolute Gasteiger partial charge is 0.454 e. The first-order valence-electron chi connectivity index (χ1n) is 8.01. The van der Waals surface area contributed by atoms with Crippen LogP contribution in [-0.4, -0.2) is 36.3 Å². The maximum absolute atomic E-state index is 12.5. The highest BCUT2D eigenvalue weighted by Gasteiger charge is 2.34. The van der Waals surface area contributed by atoms with Crippen molar-refractivity contribution in [1.29, 1.82) is 0 Å². The summed E-state index contributed by atoms with van der Waals surface area (Å²) in [5.41, 5.74) is 1.77. The van der Waals surface area contributed by atoms with Crippen LogP contribution in [0.1, 0.15) is 17.8 Å².